The molecule has 0 bridgehead atoms. The Morgan fingerprint density at radius 1 is 0.955 bits per heavy atom. The number of hydrogen-bond donors (Lipinski definition) is 0. The molecule has 1 heterocycles. The molecule has 1 aliphatic heterocycles. The van der Waals surface area contributed by atoms with E-state index < -0.39 is 0 Å². The Bertz CT molecular complexity index is 716. The molecule has 0 saturated carbocycles. The molecule has 0 amide bonds. The Morgan fingerprint density at radius 3 is 2.32 bits per heavy atom. The normalized spacial score (nSPS) is 14.1. The molecule has 1 fully saturated rings. The van der Waals surface area contributed by atoms with Gasteiger partial charge in [-0.2, -0.15) is 0 Å². The van der Waals surface area contributed by atoms with Crippen molar-refractivity contribution in [2.24, 2.45) is 0 Å². The minimum Gasteiger partial charge on any atom is -0.368 e. The van der Waals surface area contributed by atoms with Crippen molar-refractivity contribution >= 4 is 5.71 Å². The van der Waals surface area contributed by atoms with Crippen molar-refractivity contribution in [3.05, 3.63) is 71.5 Å². The van der Waals surface area contributed by atoms with Gasteiger partial charge in [0.15, 0.2) is 13.1 Å². The second-order valence-electron chi connectivity index (χ2n) is 5.07. The number of rotatable bonds is 1. The Labute approximate surface area is 129 Å². The minimum atomic E-state index is -0.244. The maximum Gasteiger partial charge on any atom is 0.259 e. The van der Waals surface area contributed by atoms with Gasteiger partial charge in [-0.3, -0.25) is 0 Å². The molecule has 3 rings (SSSR count). The van der Waals surface area contributed by atoms with Crippen LogP contribution in [0.3, 0.4) is 0 Å². The lowest BCUT2D eigenvalue weighted by Crippen LogP contribution is -2.33. The number of halogens is 1. The molecule has 0 unspecified atom stereocenters. The summed E-state index contributed by atoms with van der Waals surface area (Å²) >= 11 is 0. The molecule has 3 heteroatoms. The Balaban J connectivity index is 1.98. The lowest BCUT2D eigenvalue weighted by molar-refractivity contribution is -0.547. The fourth-order valence-electron chi connectivity index (χ4n) is 2.38. The van der Waals surface area contributed by atoms with Crippen LogP contribution in [0.4, 0.5) is 4.39 Å². The summed E-state index contributed by atoms with van der Waals surface area (Å²) in [6.45, 7) is 3.10. The van der Waals surface area contributed by atoms with Crippen LogP contribution >= 0.6 is 0 Å². The van der Waals surface area contributed by atoms with E-state index in [1.807, 2.05) is 18.2 Å². The molecule has 0 atom stereocenters. The van der Waals surface area contributed by atoms with E-state index in [-0.39, 0.29) is 5.82 Å². The largest absolute Gasteiger partial charge is 0.368 e. The van der Waals surface area contributed by atoms with E-state index in [1.165, 1.54) is 12.1 Å². The first-order valence-electron chi connectivity index (χ1n) is 7.35. The zero-order valence-corrected chi connectivity index (χ0v) is 12.3. The van der Waals surface area contributed by atoms with E-state index in [0.717, 1.165) is 29.9 Å². The van der Waals surface area contributed by atoms with Crippen molar-refractivity contribution in [1.82, 2.24) is 0 Å². The van der Waals surface area contributed by atoms with Crippen LogP contribution in [0.1, 0.15) is 11.1 Å². The van der Waals surface area contributed by atoms with E-state index >= 15 is 0 Å². The van der Waals surface area contributed by atoms with Crippen molar-refractivity contribution in [3.8, 4) is 11.8 Å². The zero-order valence-electron chi connectivity index (χ0n) is 12.3. The number of morpholine rings is 1. The third-order valence-electron chi connectivity index (χ3n) is 3.54. The monoisotopic (exact) mass is 294 g/mol. The van der Waals surface area contributed by atoms with Gasteiger partial charge < -0.3 is 4.74 Å². The van der Waals surface area contributed by atoms with Crippen molar-refractivity contribution < 1.29 is 13.7 Å². The highest BCUT2D eigenvalue weighted by Gasteiger charge is 2.18. The van der Waals surface area contributed by atoms with Gasteiger partial charge in [-0.15, -0.1) is 0 Å². The first-order chi connectivity index (χ1) is 10.8. The van der Waals surface area contributed by atoms with Gasteiger partial charge in [-0.1, -0.05) is 24.1 Å². The Morgan fingerprint density at radius 2 is 1.64 bits per heavy atom. The predicted octanol–water partition coefficient (Wildman–Crippen LogP) is 2.71. The Kier molecular flexibility index (Phi) is 4.62. The van der Waals surface area contributed by atoms with Crippen molar-refractivity contribution in [1.29, 1.82) is 0 Å². The highest BCUT2D eigenvalue weighted by atomic mass is 19.1. The third-order valence-corrected chi connectivity index (χ3v) is 3.54. The quantitative estimate of drug-likeness (QED) is 0.582. The lowest BCUT2D eigenvalue weighted by Gasteiger charge is -2.12. The SMILES string of the molecule is Fc1ccc(C#CC(c2ccccc2)=[N+]2CCOCC2)cc1. The van der Waals surface area contributed by atoms with Crippen LogP contribution in [-0.4, -0.2) is 36.6 Å². The summed E-state index contributed by atoms with van der Waals surface area (Å²) in [5.74, 6) is 6.14. The van der Waals surface area contributed by atoms with Gasteiger partial charge in [-0.05, 0) is 36.4 Å². The predicted molar refractivity (Wildman–Crippen MR) is 84.6 cm³/mol. The maximum absolute atomic E-state index is 13.0. The number of ether oxygens (including phenoxy) is 1. The number of nitrogens with zero attached hydrogens (tertiary/aromatic N) is 1. The molecule has 0 aliphatic carbocycles. The van der Waals surface area contributed by atoms with Crippen LogP contribution in [0, 0.1) is 17.7 Å². The molecular weight excluding hydrogens is 277 g/mol. The molecule has 0 aromatic heterocycles. The fourth-order valence-corrected chi connectivity index (χ4v) is 2.38. The smallest absolute Gasteiger partial charge is 0.259 e. The van der Waals surface area contributed by atoms with Crippen LogP contribution < -0.4 is 0 Å². The van der Waals surface area contributed by atoms with Gasteiger partial charge in [0, 0.05) is 11.5 Å². The number of benzene rings is 2. The van der Waals surface area contributed by atoms with Gasteiger partial charge in [0.2, 0.25) is 0 Å². The molecule has 1 aliphatic rings. The molecule has 2 aromatic carbocycles. The fraction of sp³-hybridized carbons (Fsp3) is 0.211. The van der Waals surface area contributed by atoms with E-state index in [1.54, 1.807) is 12.1 Å². The summed E-state index contributed by atoms with van der Waals surface area (Å²) in [5.41, 5.74) is 2.90. The van der Waals surface area contributed by atoms with E-state index in [9.17, 15) is 4.39 Å². The number of hydrogen-bond acceptors (Lipinski definition) is 1. The highest BCUT2D eigenvalue weighted by molar-refractivity contribution is 6.10. The molecule has 0 spiro atoms. The summed E-state index contributed by atoms with van der Waals surface area (Å²) < 4.78 is 20.6. The first-order valence-corrected chi connectivity index (χ1v) is 7.35. The molecular formula is C19H17FNO+. The zero-order chi connectivity index (χ0) is 15.2. The van der Waals surface area contributed by atoms with Crippen LogP contribution in [0.2, 0.25) is 0 Å². The van der Waals surface area contributed by atoms with Crippen molar-refractivity contribution in [2.45, 2.75) is 0 Å². The average Bonchev–Trinajstić information content (AvgIpc) is 2.59. The van der Waals surface area contributed by atoms with Crippen LogP contribution in [-0.2, 0) is 4.74 Å². The van der Waals surface area contributed by atoms with Crippen molar-refractivity contribution in [3.63, 3.8) is 0 Å². The van der Waals surface area contributed by atoms with Gasteiger partial charge >= 0.3 is 0 Å². The van der Waals surface area contributed by atoms with E-state index in [0.29, 0.717) is 13.2 Å². The third kappa shape index (κ3) is 3.60. The second-order valence-corrected chi connectivity index (χ2v) is 5.07. The van der Waals surface area contributed by atoms with Crippen LogP contribution in [0.15, 0.2) is 54.6 Å². The second kappa shape index (κ2) is 7.02. The lowest BCUT2D eigenvalue weighted by atomic mass is 10.1. The standard InChI is InChI=1S/C19H17FNO/c20-18-9-6-16(7-10-18)8-11-19(17-4-2-1-3-5-17)21-12-14-22-15-13-21/h1-7,9-10H,12-15H2/q+1. The van der Waals surface area contributed by atoms with Gasteiger partial charge in [0.25, 0.3) is 5.71 Å². The first kappa shape index (κ1) is 14.5. The van der Waals surface area contributed by atoms with E-state index in [2.05, 4.69) is 28.5 Å². The summed E-state index contributed by atoms with van der Waals surface area (Å²) in [6, 6.07) is 16.4. The topological polar surface area (TPSA) is 12.2 Å². The van der Waals surface area contributed by atoms with Gasteiger partial charge in [-0.25, -0.2) is 8.97 Å². The summed E-state index contributed by atoms with van der Waals surface area (Å²) in [5, 5.41) is 0. The molecule has 0 N–H and O–H groups in total. The highest BCUT2D eigenvalue weighted by Crippen LogP contribution is 2.05. The minimum absolute atomic E-state index is 0.244. The van der Waals surface area contributed by atoms with Gasteiger partial charge in [0.1, 0.15) is 19.0 Å². The summed E-state index contributed by atoms with van der Waals surface area (Å²) in [4.78, 5) is 0. The van der Waals surface area contributed by atoms with Crippen molar-refractivity contribution in [2.75, 3.05) is 26.3 Å². The van der Waals surface area contributed by atoms with E-state index in [4.69, 9.17) is 4.74 Å². The average molecular weight is 294 g/mol. The molecule has 110 valence electrons. The molecule has 2 nitrogen and oxygen atoms in total. The van der Waals surface area contributed by atoms with Gasteiger partial charge in [0.05, 0.1) is 5.56 Å². The molecule has 2 aromatic rings. The Hall–Kier alpha value is -2.44. The molecule has 0 radical (unpaired) electrons. The molecule has 22 heavy (non-hydrogen) atoms. The summed E-state index contributed by atoms with van der Waals surface area (Å²) in [7, 11) is 0. The molecule has 1 saturated heterocycles. The van der Waals surface area contributed by atoms with Crippen LogP contribution in [0.25, 0.3) is 0 Å². The van der Waals surface area contributed by atoms with Crippen LogP contribution in [0.5, 0.6) is 0 Å². The maximum atomic E-state index is 13.0. The summed E-state index contributed by atoms with van der Waals surface area (Å²) in [6.07, 6.45) is 0.